The van der Waals surface area contributed by atoms with Gasteiger partial charge < -0.3 is 19.7 Å². The second kappa shape index (κ2) is 9.26. The number of hydrogen-bond acceptors (Lipinski definition) is 7. The summed E-state index contributed by atoms with van der Waals surface area (Å²) in [7, 11) is 0. The van der Waals surface area contributed by atoms with Gasteiger partial charge in [-0.05, 0) is 37.1 Å². The Morgan fingerprint density at radius 2 is 2.14 bits per heavy atom. The molecule has 5 rings (SSSR count). The zero-order chi connectivity index (χ0) is 24.6. The van der Waals surface area contributed by atoms with Crippen molar-refractivity contribution in [2.24, 2.45) is 0 Å². The lowest BCUT2D eigenvalue weighted by Crippen LogP contribution is -2.29. The van der Waals surface area contributed by atoms with Crippen LogP contribution in [0.15, 0.2) is 43.2 Å². The molecule has 1 N–H and O–H groups in total. The Balaban J connectivity index is 1.34. The minimum absolute atomic E-state index is 0.0474. The summed E-state index contributed by atoms with van der Waals surface area (Å²) in [6.07, 6.45) is 3.91. The average molecular weight is 502 g/mol. The molecule has 8 nitrogen and oxygen atoms in total. The number of ether oxygens (including phenoxy) is 2. The molecule has 3 aromatic rings. The fourth-order valence-corrected chi connectivity index (χ4v) is 3.98. The molecule has 1 amide bonds. The summed E-state index contributed by atoms with van der Waals surface area (Å²) in [5.41, 5.74) is -0.411. The summed E-state index contributed by atoms with van der Waals surface area (Å²) in [6.45, 7) is 4.35. The number of carbonyl (C=O) groups is 1. The summed E-state index contributed by atoms with van der Waals surface area (Å²) in [4.78, 5) is 26.4. The lowest BCUT2D eigenvalue weighted by molar-refractivity contribution is -0.125. The second-order valence-corrected chi connectivity index (χ2v) is 8.94. The van der Waals surface area contributed by atoms with E-state index in [1.807, 2.05) is 0 Å². The number of nitrogens with one attached hydrogen (secondary N) is 1. The Bertz CT molecular complexity index is 1300. The molecule has 182 valence electrons. The molecular weight excluding hydrogens is 480 g/mol. The van der Waals surface area contributed by atoms with E-state index < -0.39 is 11.5 Å². The quantitative estimate of drug-likeness (QED) is 0.451. The number of halogens is 3. The number of hydrogen-bond donors (Lipinski definition) is 1. The van der Waals surface area contributed by atoms with Crippen molar-refractivity contribution in [3.8, 4) is 11.6 Å². The highest BCUT2D eigenvalue weighted by Crippen LogP contribution is 2.41. The van der Waals surface area contributed by atoms with Gasteiger partial charge >= 0.3 is 0 Å². The monoisotopic (exact) mass is 501 g/mol. The first-order valence-corrected chi connectivity index (χ1v) is 11.5. The highest BCUT2D eigenvalue weighted by Gasteiger charge is 2.44. The molecule has 0 radical (unpaired) electrons. The van der Waals surface area contributed by atoms with E-state index in [4.69, 9.17) is 21.1 Å². The van der Waals surface area contributed by atoms with E-state index in [2.05, 4.69) is 26.8 Å². The van der Waals surface area contributed by atoms with Crippen molar-refractivity contribution in [2.45, 2.75) is 31.0 Å². The van der Waals surface area contributed by atoms with E-state index in [0.717, 1.165) is 0 Å². The van der Waals surface area contributed by atoms with Gasteiger partial charge in [-0.15, -0.1) is 0 Å². The molecule has 35 heavy (non-hydrogen) atoms. The van der Waals surface area contributed by atoms with Crippen LogP contribution in [0.5, 0.6) is 11.6 Å². The largest absolute Gasteiger partial charge is 0.489 e. The van der Waals surface area contributed by atoms with Crippen LogP contribution in [0.1, 0.15) is 19.3 Å². The van der Waals surface area contributed by atoms with Gasteiger partial charge in [-0.25, -0.2) is 23.7 Å². The van der Waals surface area contributed by atoms with Gasteiger partial charge in [0.25, 0.3) is 0 Å². The number of alkyl halides is 1. The van der Waals surface area contributed by atoms with Crippen LogP contribution < -0.4 is 14.8 Å². The molecule has 11 heteroatoms. The van der Waals surface area contributed by atoms with E-state index in [1.165, 1.54) is 24.5 Å². The lowest BCUT2D eigenvalue weighted by Gasteiger charge is -2.16. The number of likely N-dealkylation sites (tertiary alicyclic amines) is 1. The molecule has 1 saturated heterocycles. The van der Waals surface area contributed by atoms with E-state index in [-0.39, 0.29) is 40.9 Å². The van der Waals surface area contributed by atoms with E-state index in [0.29, 0.717) is 49.3 Å². The van der Waals surface area contributed by atoms with Crippen molar-refractivity contribution in [3.05, 3.63) is 54.1 Å². The number of fused-ring (bicyclic) bond motifs is 1. The second-order valence-electron chi connectivity index (χ2n) is 8.56. The number of aromatic nitrogens is 3. The third-order valence-electron chi connectivity index (χ3n) is 5.95. The molecule has 2 fully saturated rings. The van der Waals surface area contributed by atoms with Crippen LogP contribution in [0.3, 0.4) is 0 Å². The third kappa shape index (κ3) is 4.97. The van der Waals surface area contributed by atoms with Crippen LogP contribution in [-0.4, -0.2) is 57.2 Å². The average Bonchev–Trinajstić information content (AvgIpc) is 3.42. The first kappa shape index (κ1) is 23.2. The molecule has 1 aliphatic heterocycles. The van der Waals surface area contributed by atoms with Gasteiger partial charge in [0, 0.05) is 19.0 Å². The molecule has 2 aromatic heterocycles. The van der Waals surface area contributed by atoms with Crippen LogP contribution >= 0.6 is 11.6 Å². The fourth-order valence-electron chi connectivity index (χ4n) is 3.76. The smallest absolute Gasteiger partial charge is 0.246 e. The highest BCUT2D eigenvalue weighted by atomic mass is 35.5. The molecule has 1 saturated carbocycles. The predicted molar refractivity (Wildman–Crippen MR) is 126 cm³/mol. The van der Waals surface area contributed by atoms with Crippen molar-refractivity contribution in [3.63, 3.8) is 0 Å². The molecule has 0 bridgehead atoms. The molecule has 1 aliphatic carbocycles. The Kier molecular flexibility index (Phi) is 6.14. The van der Waals surface area contributed by atoms with E-state index in [9.17, 15) is 13.6 Å². The summed E-state index contributed by atoms with van der Waals surface area (Å²) in [5, 5.41) is 2.64. The predicted octanol–water partition coefficient (Wildman–Crippen LogP) is 4.61. The van der Waals surface area contributed by atoms with E-state index in [1.54, 1.807) is 17.0 Å². The topological polar surface area (TPSA) is 89.5 Å². The Morgan fingerprint density at radius 3 is 2.91 bits per heavy atom. The molecule has 0 unspecified atom stereocenters. The van der Waals surface area contributed by atoms with Gasteiger partial charge in [-0.1, -0.05) is 18.2 Å². The number of amides is 1. The van der Waals surface area contributed by atoms with Gasteiger partial charge in [0.05, 0.1) is 17.7 Å². The summed E-state index contributed by atoms with van der Waals surface area (Å²) in [5.74, 6) is -0.253. The van der Waals surface area contributed by atoms with Crippen molar-refractivity contribution in [1.82, 2.24) is 19.9 Å². The summed E-state index contributed by atoms with van der Waals surface area (Å²) < 4.78 is 40.1. The number of nitrogens with zero attached hydrogens (tertiary/aromatic N) is 4. The number of anilines is 2. The van der Waals surface area contributed by atoms with Gasteiger partial charge in [-0.2, -0.15) is 0 Å². The van der Waals surface area contributed by atoms with Crippen LogP contribution in [-0.2, 0) is 4.79 Å². The van der Waals surface area contributed by atoms with Crippen molar-refractivity contribution >= 4 is 40.0 Å². The van der Waals surface area contributed by atoms with Gasteiger partial charge in [0.15, 0.2) is 11.6 Å². The molecular formula is C24H22ClF2N5O3. The zero-order valence-electron chi connectivity index (χ0n) is 18.6. The molecule has 0 spiro atoms. The van der Waals surface area contributed by atoms with Gasteiger partial charge in [-0.3, -0.25) is 4.79 Å². The number of benzene rings is 1. The summed E-state index contributed by atoms with van der Waals surface area (Å²) >= 11 is 6.13. The molecule has 1 atom stereocenters. The van der Waals surface area contributed by atoms with Crippen molar-refractivity contribution < 1.29 is 23.0 Å². The first-order valence-electron chi connectivity index (χ1n) is 11.1. The highest BCUT2D eigenvalue weighted by molar-refractivity contribution is 6.32. The lowest BCUT2D eigenvalue weighted by atomic mass is 10.2. The summed E-state index contributed by atoms with van der Waals surface area (Å²) in [6, 6.07) is 6.31. The van der Waals surface area contributed by atoms with Crippen LogP contribution in [0.25, 0.3) is 11.0 Å². The van der Waals surface area contributed by atoms with Gasteiger partial charge in [0.2, 0.25) is 11.8 Å². The van der Waals surface area contributed by atoms with Crippen molar-refractivity contribution in [2.75, 3.05) is 25.0 Å². The SMILES string of the molecule is C=CC(=O)N1CC[C@H](Oc2ccc3ncnc(Nc4ccc(OCC5(F)CC5)c(Cl)c4F)c3n2)C1. The number of rotatable bonds is 8. The number of pyridine rings is 1. The Hall–Kier alpha value is -3.53. The molecule has 3 heterocycles. The molecule has 2 aliphatic rings. The van der Waals surface area contributed by atoms with E-state index >= 15 is 0 Å². The fraction of sp³-hybridized carbons (Fsp3) is 0.333. The number of carbonyl (C=O) groups excluding carboxylic acids is 1. The van der Waals surface area contributed by atoms with Crippen LogP contribution in [0, 0.1) is 5.82 Å². The zero-order valence-corrected chi connectivity index (χ0v) is 19.4. The Morgan fingerprint density at radius 1 is 1.31 bits per heavy atom. The maximum absolute atomic E-state index is 15.0. The van der Waals surface area contributed by atoms with Gasteiger partial charge in [0.1, 0.15) is 41.0 Å². The minimum Gasteiger partial charge on any atom is -0.489 e. The standard InChI is InChI=1S/C24H22ClF2N5O3/c1-2-19(33)32-10-7-14(11-32)35-18-6-4-16-22(31-18)23(29-13-28-16)30-15-3-5-17(20(25)21(15)26)34-12-24(27)8-9-24/h2-6,13-14H,1,7-12H2,(H,28,29,30)/t14-/m0/s1. The molecule has 1 aromatic carbocycles. The maximum Gasteiger partial charge on any atom is 0.246 e. The van der Waals surface area contributed by atoms with Crippen LogP contribution in [0.2, 0.25) is 5.02 Å². The van der Waals surface area contributed by atoms with Crippen molar-refractivity contribution in [1.29, 1.82) is 0 Å². The Labute approximate surface area is 204 Å². The minimum atomic E-state index is -1.35. The maximum atomic E-state index is 15.0. The normalized spacial score (nSPS) is 18.4. The van der Waals surface area contributed by atoms with Crippen LogP contribution in [0.4, 0.5) is 20.3 Å². The third-order valence-corrected chi connectivity index (χ3v) is 6.31. The first-order chi connectivity index (χ1) is 16.8.